The van der Waals surface area contributed by atoms with Gasteiger partial charge in [-0.2, -0.15) is 5.10 Å². The molecule has 228 valence electrons. The van der Waals surface area contributed by atoms with Crippen LogP contribution in [0.1, 0.15) is 66.8 Å². The van der Waals surface area contributed by atoms with Crippen molar-refractivity contribution >= 4 is 23.6 Å². The molecule has 2 aromatic heterocycles. The van der Waals surface area contributed by atoms with Gasteiger partial charge in [-0.05, 0) is 43.7 Å². The van der Waals surface area contributed by atoms with Crippen LogP contribution in [0, 0.1) is 12.8 Å². The maximum atomic E-state index is 13.7. The molecule has 1 aliphatic rings. The zero-order valence-electron chi connectivity index (χ0n) is 24.5. The number of fused-ring (bicyclic) bond motifs is 2. The quantitative estimate of drug-likeness (QED) is 0.330. The van der Waals surface area contributed by atoms with E-state index in [9.17, 15) is 24.0 Å². The summed E-state index contributed by atoms with van der Waals surface area (Å²) in [5, 5.41) is 15.3. The summed E-state index contributed by atoms with van der Waals surface area (Å²) in [7, 11) is 0. The fourth-order valence-corrected chi connectivity index (χ4v) is 4.71. The van der Waals surface area contributed by atoms with Crippen LogP contribution in [-0.4, -0.2) is 57.0 Å². The summed E-state index contributed by atoms with van der Waals surface area (Å²) in [6.45, 7) is 5.38. The van der Waals surface area contributed by atoms with Gasteiger partial charge < -0.3 is 25.7 Å². The summed E-state index contributed by atoms with van der Waals surface area (Å²) in [6.07, 6.45) is 2.65. The molecule has 1 aromatic carbocycles. The number of benzene rings is 1. The highest BCUT2D eigenvalue weighted by molar-refractivity contribution is 5.93. The first-order chi connectivity index (χ1) is 20.6. The van der Waals surface area contributed by atoms with Gasteiger partial charge in [0.15, 0.2) is 5.69 Å². The molecule has 13 nitrogen and oxygen atoms in total. The van der Waals surface area contributed by atoms with E-state index >= 15 is 0 Å². The summed E-state index contributed by atoms with van der Waals surface area (Å²) in [5.74, 6) is -2.01. The van der Waals surface area contributed by atoms with Crippen LogP contribution in [0.2, 0.25) is 0 Å². The minimum Gasteiger partial charge on any atom is -0.446 e. The Balaban J connectivity index is 1.60. The largest absolute Gasteiger partial charge is 0.446 e. The Morgan fingerprint density at radius 2 is 1.81 bits per heavy atom. The molecule has 0 fully saturated rings. The van der Waals surface area contributed by atoms with Crippen LogP contribution in [0.3, 0.4) is 0 Å². The van der Waals surface area contributed by atoms with Crippen LogP contribution in [0.15, 0.2) is 57.9 Å². The van der Waals surface area contributed by atoms with Crippen molar-refractivity contribution in [1.29, 1.82) is 0 Å². The average Bonchev–Trinajstić information content (AvgIpc) is 3.46. The number of aromatic nitrogens is 3. The molecule has 0 unspecified atom stereocenters. The van der Waals surface area contributed by atoms with E-state index in [-0.39, 0.29) is 36.9 Å². The molecule has 1 aliphatic heterocycles. The van der Waals surface area contributed by atoms with Crippen LogP contribution in [-0.2, 0) is 27.3 Å². The van der Waals surface area contributed by atoms with Gasteiger partial charge >= 0.3 is 0 Å². The summed E-state index contributed by atoms with van der Waals surface area (Å²) in [6, 6.07) is 9.42. The normalized spacial score (nSPS) is 20.2. The zero-order valence-corrected chi connectivity index (χ0v) is 24.5. The van der Waals surface area contributed by atoms with E-state index in [1.54, 1.807) is 13.0 Å². The summed E-state index contributed by atoms with van der Waals surface area (Å²) in [5.41, 5.74) is 1.03. The third kappa shape index (κ3) is 8.60. The molecule has 0 saturated heterocycles. The van der Waals surface area contributed by atoms with Gasteiger partial charge in [0.25, 0.3) is 11.5 Å². The maximum absolute atomic E-state index is 13.7. The van der Waals surface area contributed by atoms with Crippen molar-refractivity contribution in [3.05, 3.63) is 81.9 Å². The molecule has 0 saturated carbocycles. The molecule has 2 bridgehead atoms. The molecular formula is C30H37N7O6. The van der Waals surface area contributed by atoms with Gasteiger partial charge in [0.1, 0.15) is 30.9 Å². The predicted octanol–water partition coefficient (Wildman–Crippen LogP) is 1.18. The van der Waals surface area contributed by atoms with Gasteiger partial charge in [0.05, 0.1) is 5.69 Å². The van der Waals surface area contributed by atoms with Gasteiger partial charge in [0.2, 0.25) is 23.6 Å². The molecule has 0 aliphatic carbocycles. The maximum Gasteiger partial charge on any atom is 0.273 e. The first-order valence-corrected chi connectivity index (χ1v) is 14.3. The summed E-state index contributed by atoms with van der Waals surface area (Å²) >= 11 is 0. The lowest BCUT2D eigenvalue weighted by Crippen LogP contribution is -2.55. The minimum absolute atomic E-state index is 0.0984. The van der Waals surface area contributed by atoms with E-state index < -0.39 is 47.3 Å². The molecular weight excluding hydrogens is 554 g/mol. The van der Waals surface area contributed by atoms with Crippen LogP contribution in [0.5, 0.6) is 0 Å². The smallest absolute Gasteiger partial charge is 0.273 e. The lowest BCUT2D eigenvalue weighted by Gasteiger charge is -2.26. The van der Waals surface area contributed by atoms with E-state index in [1.807, 2.05) is 44.2 Å². The molecule has 0 radical (unpaired) electrons. The van der Waals surface area contributed by atoms with Gasteiger partial charge in [0, 0.05) is 19.0 Å². The average molecular weight is 592 g/mol. The Bertz CT molecular complexity index is 1500. The standard InChI is InChI=1S/C30H37N7O6/c1-18(2)26-30-34-23(17-43-30)27(40)31-14-8-7-11-21(32-24(38)16-37-25(39)13-12-19(3)36-37)28(41)33-22(29(42)35-26)15-20-9-5-4-6-10-20/h4-6,9-10,12-13,17-18,21-22,26H,7-8,11,14-16H2,1-3H3,(H,31,40)(H,32,38)(H,33,41)(H,35,42)/t21-,22-,26-/m0/s1. The lowest BCUT2D eigenvalue weighted by atomic mass is 10.0. The predicted molar refractivity (Wildman–Crippen MR) is 156 cm³/mol. The third-order valence-corrected chi connectivity index (χ3v) is 7.05. The third-order valence-electron chi connectivity index (χ3n) is 7.05. The molecule has 13 heteroatoms. The fourth-order valence-electron chi connectivity index (χ4n) is 4.71. The van der Waals surface area contributed by atoms with Crippen molar-refractivity contribution < 1.29 is 23.6 Å². The number of nitrogens with zero attached hydrogens (tertiary/aromatic N) is 3. The number of amides is 4. The van der Waals surface area contributed by atoms with Crippen LogP contribution < -0.4 is 26.8 Å². The van der Waals surface area contributed by atoms with Gasteiger partial charge in [-0.15, -0.1) is 0 Å². The second-order valence-corrected chi connectivity index (χ2v) is 10.9. The first-order valence-electron chi connectivity index (χ1n) is 14.3. The second kappa shape index (κ2) is 14.4. The highest BCUT2D eigenvalue weighted by Crippen LogP contribution is 2.22. The van der Waals surface area contributed by atoms with Crippen molar-refractivity contribution in [3.8, 4) is 0 Å². The van der Waals surface area contributed by atoms with E-state index in [1.165, 1.54) is 12.3 Å². The highest BCUT2D eigenvalue weighted by atomic mass is 16.3. The van der Waals surface area contributed by atoms with Crippen molar-refractivity contribution in [2.45, 2.75) is 71.1 Å². The fraction of sp³-hybridized carbons (Fsp3) is 0.433. The van der Waals surface area contributed by atoms with Gasteiger partial charge in [-0.1, -0.05) is 44.2 Å². The van der Waals surface area contributed by atoms with Crippen LogP contribution in [0.4, 0.5) is 0 Å². The van der Waals surface area contributed by atoms with Gasteiger partial charge in [-0.25, -0.2) is 9.67 Å². The Kier molecular flexibility index (Phi) is 10.4. The monoisotopic (exact) mass is 591 g/mol. The molecule has 3 heterocycles. The molecule has 3 atom stereocenters. The summed E-state index contributed by atoms with van der Waals surface area (Å²) in [4.78, 5) is 69.4. The molecule has 3 aromatic rings. The van der Waals surface area contributed by atoms with Crippen molar-refractivity contribution in [3.63, 3.8) is 0 Å². The van der Waals surface area contributed by atoms with Gasteiger partial charge in [-0.3, -0.25) is 24.0 Å². The Hall–Kier alpha value is -4.81. The molecule has 4 amide bonds. The summed E-state index contributed by atoms with van der Waals surface area (Å²) < 4.78 is 6.61. The van der Waals surface area contributed by atoms with E-state index in [2.05, 4.69) is 31.3 Å². The lowest BCUT2D eigenvalue weighted by molar-refractivity contribution is -0.132. The van der Waals surface area contributed by atoms with E-state index in [4.69, 9.17) is 4.42 Å². The molecule has 4 rings (SSSR count). The van der Waals surface area contributed by atoms with E-state index in [0.717, 1.165) is 10.2 Å². The number of aryl methyl sites for hydroxylation is 1. The van der Waals surface area contributed by atoms with E-state index in [0.29, 0.717) is 25.1 Å². The van der Waals surface area contributed by atoms with Crippen LogP contribution >= 0.6 is 0 Å². The number of hydrogen-bond donors (Lipinski definition) is 4. The molecule has 4 N–H and O–H groups in total. The Morgan fingerprint density at radius 3 is 2.56 bits per heavy atom. The van der Waals surface area contributed by atoms with Crippen molar-refractivity contribution in [1.82, 2.24) is 36.0 Å². The number of hydrogen-bond acceptors (Lipinski definition) is 8. The zero-order chi connectivity index (χ0) is 30.9. The number of nitrogens with one attached hydrogen (secondary N) is 4. The Labute approximate surface area is 248 Å². The highest BCUT2D eigenvalue weighted by Gasteiger charge is 2.31. The second-order valence-electron chi connectivity index (χ2n) is 10.9. The number of rotatable bonds is 6. The first kappa shape index (κ1) is 31.1. The van der Waals surface area contributed by atoms with Crippen molar-refractivity contribution in [2.24, 2.45) is 5.92 Å². The number of carbonyl (C=O) groups is 4. The number of carbonyl (C=O) groups excluding carboxylic acids is 4. The topological polar surface area (TPSA) is 177 Å². The SMILES string of the molecule is Cc1ccc(=O)n(CC(=O)N[C@H]2CCCCNC(=O)c3coc(n3)[C@H](C(C)C)NC(=O)[C@H](Cc3ccccc3)NC2=O)n1. The Morgan fingerprint density at radius 1 is 1.05 bits per heavy atom. The minimum atomic E-state index is -1.00. The molecule has 0 spiro atoms. The van der Waals surface area contributed by atoms with Crippen molar-refractivity contribution in [2.75, 3.05) is 6.54 Å². The van der Waals surface area contributed by atoms with Crippen LogP contribution in [0.25, 0.3) is 0 Å². The number of oxazole rings is 1. The molecule has 43 heavy (non-hydrogen) atoms.